The molecule has 3 aliphatic rings. The Morgan fingerprint density at radius 1 is 1.16 bits per heavy atom. The van der Waals surface area contributed by atoms with Crippen LogP contribution in [0.3, 0.4) is 0 Å². The number of hydrogen-bond acceptors (Lipinski definition) is 9. The number of ether oxygens (including phenoxy) is 3. The first-order valence-corrected chi connectivity index (χ1v) is 17.0. The van der Waals surface area contributed by atoms with Crippen LogP contribution in [-0.4, -0.2) is 49.8 Å². The highest BCUT2D eigenvalue weighted by atomic mass is 19.1. The highest BCUT2D eigenvalue weighted by molar-refractivity contribution is 5.94. The predicted octanol–water partition coefficient (Wildman–Crippen LogP) is 5.00. The number of fused-ring (bicyclic) bond motifs is 5. The average molecular weight is 699 g/mol. The second-order valence-corrected chi connectivity index (χ2v) is 14.2. The number of benzene rings is 2. The number of aromatic nitrogens is 2. The van der Waals surface area contributed by atoms with E-state index in [0.717, 1.165) is 11.1 Å². The van der Waals surface area contributed by atoms with Gasteiger partial charge in [0.15, 0.2) is 5.60 Å². The second-order valence-electron chi connectivity index (χ2n) is 14.2. The summed E-state index contributed by atoms with van der Waals surface area (Å²) in [6.45, 7) is 7.97. The largest absolute Gasteiger partial charge is 0.458 e. The van der Waals surface area contributed by atoms with Crippen molar-refractivity contribution in [3.05, 3.63) is 97.6 Å². The molecule has 2 aliphatic heterocycles. The molecule has 0 bridgehead atoms. The molecular weight excluding hydrogens is 659 g/mol. The van der Waals surface area contributed by atoms with Crippen molar-refractivity contribution in [2.24, 2.45) is 0 Å². The fourth-order valence-electron chi connectivity index (χ4n) is 7.40. The van der Waals surface area contributed by atoms with E-state index in [4.69, 9.17) is 19.2 Å². The summed E-state index contributed by atoms with van der Waals surface area (Å²) in [6.07, 6.45) is -0.214. The quantitative estimate of drug-likeness (QED) is 0.185. The molecule has 13 heteroatoms. The Hall–Kier alpha value is -5.14. The van der Waals surface area contributed by atoms with Gasteiger partial charge in [0, 0.05) is 22.6 Å². The van der Waals surface area contributed by atoms with Crippen molar-refractivity contribution < 1.29 is 38.1 Å². The Balaban J connectivity index is 1.38. The number of pyridine rings is 2. The Morgan fingerprint density at radius 2 is 1.90 bits per heavy atom. The summed E-state index contributed by atoms with van der Waals surface area (Å²) in [6, 6.07) is 11.5. The predicted molar refractivity (Wildman–Crippen MR) is 183 cm³/mol. The number of carbonyl (C=O) groups is 3. The van der Waals surface area contributed by atoms with Crippen LogP contribution in [0.2, 0.25) is 0 Å². The van der Waals surface area contributed by atoms with Crippen molar-refractivity contribution in [2.75, 3.05) is 6.61 Å². The molecule has 2 aromatic carbocycles. The van der Waals surface area contributed by atoms with Gasteiger partial charge < -0.3 is 23.9 Å². The number of hydrogen-bond donors (Lipinski definition) is 2. The van der Waals surface area contributed by atoms with E-state index in [1.165, 1.54) is 15.6 Å². The highest BCUT2D eigenvalue weighted by Crippen LogP contribution is 2.47. The second kappa shape index (κ2) is 12.6. The summed E-state index contributed by atoms with van der Waals surface area (Å²) < 4.78 is 33.5. The third kappa shape index (κ3) is 5.83. The van der Waals surface area contributed by atoms with Crippen molar-refractivity contribution in [1.82, 2.24) is 20.0 Å². The van der Waals surface area contributed by atoms with Crippen LogP contribution in [0.4, 0.5) is 9.18 Å². The maximum Gasteiger partial charge on any atom is 0.426 e. The summed E-state index contributed by atoms with van der Waals surface area (Å²) >= 11 is 0. The molecule has 2 atom stereocenters. The molecule has 12 nitrogen and oxygen atoms in total. The fraction of sp³-hybridized carbons (Fsp3) is 0.395. The number of aliphatic hydroxyl groups is 1. The summed E-state index contributed by atoms with van der Waals surface area (Å²) in [4.78, 5) is 59.0. The van der Waals surface area contributed by atoms with Crippen molar-refractivity contribution in [1.29, 1.82) is 0 Å². The number of carbonyl (C=O) groups excluding carboxylic acids is 3. The van der Waals surface area contributed by atoms with Crippen LogP contribution in [0, 0.1) is 12.7 Å². The molecule has 2 amide bonds. The number of cyclic esters (lactones) is 1. The van der Waals surface area contributed by atoms with E-state index in [-0.39, 0.29) is 43.9 Å². The van der Waals surface area contributed by atoms with Crippen LogP contribution < -0.4 is 11.0 Å². The normalized spacial score (nSPS) is 18.8. The van der Waals surface area contributed by atoms with Gasteiger partial charge in [0.2, 0.25) is 0 Å². The van der Waals surface area contributed by atoms with Gasteiger partial charge in [-0.25, -0.2) is 29.4 Å². The van der Waals surface area contributed by atoms with Crippen LogP contribution in [0.1, 0.15) is 85.5 Å². The topological polar surface area (TPSA) is 149 Å². The lowest BCUT2D eigenvalue weighted by molar-refractivity contribution is -0.172. The Bertz CT molecular complexity index is 2180. The van der Waals surface area contributed by atoms with Crippen molar-refractivity contribution in [3.8, 4) is 11.4 Å². The number of halogens is 1. The molecule has 0 spiro atoms. The van der Waals surface area contributed by atoms with Gasteiger partial charge in [-0.05, 0) is 75.3 Å². The lowest BCUT2D eigenvalue weighted by atomic mass is 9.81. The molecule has 2 aromatic heterocycles. The van der Waals surface area contributed by atoms with Crippen LogP contribution in [0.15, 0.2) is 47.3 Å². The molecule has 4 aromatic rings. The van der Waals surface area contributed by atoms with E-state index in [1.54, 1.807) is 40.7 Å². The van der Waals surface area contributed by atoms with E-state index in [2.05, 4.69) is 5.43 Å². The van der Waals surface area contributed by atoms with E-state index in [1.807, 2.05) is 30.3 Å². The lowest BCUT2D eigenvalue weighted by Crippen LogP contribution is -2.51. The van der Waals surface area contributed by atoms with Crippen molar-refractivity contribution in [3.63, 3.8) is 0 Å². The Kier molecular flexibility index (Phi) is 8.46. The van der Waals surface area contributed by atoms with Crippen molar-refractivity contribution >= 4 is 28.9 Å². The van der Waals surface area contributed by atoms with Crippen LogP contribution in [0.5, 0.6) is 0 Å². The molecular formula is C38H39FN4O8. The molecule has 2 N–H and O–H groups in total. The van der Waals surface area contributed by atoms with E-state index in [9.17, 15) is 24.3 Å². The number of hydrazine groups is 1. The van der Waals surface area contributed by atoms with Gasteiger partial charge in [0.05, 0.1) is 41.7 Å². The van der Waals surface area contributed by atoms with Gasteiger partial charge in [-0.1, -0.05) is 37.3 Å². The van der Waals surface area contributed by atoms with Gasteiger partial charge in [-0.3, -0.25) is 9.59 Å². The van der Waals surface area contributed by atoms with Gasteiger partial charge >= 0.3 is 12.1 Å². The average Bonchev–Trinajstić information content (AvgIpc) is 3.46. The van der Waals surface area contributed by atoms with Gasteiger partial charge in [0.25, 0.3) is 11.5 Å². The third-order valence-corrected chi connectivity index (χ3v) is 9.88. The number of amides is 2. The van der Waals surface area contributed by atoms with Gasteiger partial charge in [-0.2, -0.15) is 0 Å². The van der Waals surface area contributed by atoms with Gasteiger partial charge in [-0.15, -0.1) is 0 Å². The maximum atomic E-state index is 15.4. The number of esters is 1. The smallest absolute Gasteiger partial charge is 0.426 e. The molecule has 1 aliphatic carbocycles. The molecule has 266 valence electrons. The monoisotopic (exact) mass is 698 g/mol. The molecule has 0 saturated carbocycles. The fourth-order valence-corrected chi connectivity index (χ4v) is 7.40. The van der Waals surface area contributed by atoms with E-state index in [0.29, 0.717) is 51.8 Å². The molecule has 7 rings (SSSR count). The van der Waals surface area contributed by atoms with Gasteiger partial charge in [0.1, 0.15) is 24.6 Å². The third-order valence-electron chi connectivity index (χ3n) is 9.88. The van der Waals surface area contributed by atoms with Crippen LogP contribution >= 0.6 is 0 Å². The SMILES string of the molecule is CC[C@@]1(O)C(=O)OCc2c1cc1n(c2=O)Cc2c-1nc1cc(F)c(C)c3c1c2[C@@H](N(NC(=O)OC(C)(C)C)C(=O)COCc1ccccc1)CC3. The zero-order chi connectivity index (χ0) is 36.4. The van der Waals surface area contributed by atoms with E-state index >= 15 is 4.39 Å². The minimum absolute atomic E-state index is 0.0271. The molecule has 51 heavy (non-hydrogen) atoms. The molecule has 0 saturated heterocycles. The van der Waals surface area contributed by atoms with Crippen LogP contribution in [0.25, 0.3) is 22.3 Å². The number of nitrogens with one attached hydrogen (secondary N) is 1. The maximum absolute atomic E-state index is 15.4. The summed E-state index contributed by atoms with van der Waals surface area (Å²) in [5.74, 6) is -1.84. The molecule has 0 fully saturated rings. The summed E-state index contributed by atoms with van der Waals surface area (Å²) in [7, 11) is 0. The lowest BCUT2D eigenvalue weighted by Gasteiger charge is -2.37. The minimum Gasteiger partial charge on any atom is -0.458 e. The number of aryl methyl sites for hydroxylation is 1. The Morgan fingerprint density at radius 3 is 2.61 bits per heavy atom. The number of nitrogens with zero attached hydrogens (tertiary/aromatic N) is 3. The first kappa shape index (κ1) is 34.3. The minimum atomic E-state index is -2.03. The number of rotatable bonds is 6. The van der Waals surface area contributed by atoms with E-state index < -0.39 is 46.6 Å². The first-order valence-electron chi connectivity index (χ1n) is 17.0. The molecule has 0 unspecified atom stereocenters. The first-order chi connectivity index (χ1) is 24.2. The molecule has 4 heterocycles. The Labute approximate surface area is 293 Å². The highest BCUT2D eigenvalue weighted by Gasteiger charge is 2.46. The summed E-state index contributed by atoms with van der Waals surface area (Å²) in [5.41, 5.74) is 3.84. The van der Waals surface area contributed by atoms with Crippen molar-refractivity contribution in [2.45, 2.75) is 90.9 Å². The zero-order valence-corrected chi connectivity index (χ0v) is 29.1. The van der Waals surface area contributed by atoms with Crippen LogP contribution in [-0.2, 0) is 55.6 Å². The standard InChI is InChI=1S/C38H39FN4O8/c1-6-38(48)25-14-29-33-23(16-42(29)34(45)24(25)18-50-35(38)46)32-28(13-12-22-20(2)26(39)15-27(40-33)31(22)32)43(41-36(47)51-37(3,4)5)30(44)19-49-17-21-10-8-7-9-11-21/h7-11,14-15,28,48H,6,12-13,16-19H2,1-5H3,(H,41,47)/t28-,38-/m0/s1. The molecule has 0 radical (unpaired) electrons. The zero-order valence-electron chi connectivity index (χ0n) is 29.1. The summed E-state index contributed by atoms with van der Waals surface area (Å²) in [5, 5.41) is 13.2.